The molecule has 0 aliphatic carbocycles. The molecule has 1 atom stereocenters. The standard InChI is InChI=1S/C35H40N2O6/c1-7-43-35(40)33-24(3)37(32(38)21-29(33)27-12-8-10-23(2)18-27)22-26-11-9-13-28(19-26)34(39)36(4)17-16-25-14-15-30(41-5)31(20-25)42-6/h8-15,18-20,29H,7,16-17,21-22H2,1-6H3. The fourth-order valence-electron chi connectivity index (χ4n) is 5.49. The van der Waals surface area contributed by atoms with Crippen LogP contribution in [0.25, 0.3) is 0 Å². The first kappa shape index (κ1) is 31.3. The molecule has 1 aliphatic rings. The number of aryl methyl sites for hydroxylation is 1. The largest absolute Gasteiger partial charge is 0.493 e. The van der Waals surface area contributed by atoms with Gasteiger partial charge in [0.1, 0.15) is 0 Å². The van der Waals surface area contributed by atoms with Crippen molar-refractivity contribution in [3.05, 3.63) is 106 Å². The Bertz CT molecular complexity index is 1530. The molecule has 0 fully saturated rings. The lowest BCUT2D eigenvalue weighted by Crippen LogP contribution is -2.38. The van der Waals surface area contributed by atoms with Crippen molar-refractivity contribution < 1.29 is 28.6 Å². The summed E-state index contributed by atoms with van der Waals surface area (Å²) in [6, 6.07) is 20.9. The van der Waals surface area contributed by atoms with Crippen LogP contribution < -0.4 is 9.47 Å². The van der Waals surface area contributed by atoms with Crippen LogP contribution in [0.1, 0.15) is 58.8 Å². The molecule has 1 heterocycles. The van der Waals surface area contributed by atoms with Gasteiger partial charge in [-0.2, -0.15) is 0 Å². The van der Waals surface area contributed by atoms with Gasteiger partial charge in [0.05, 0.1) is 32.9 Å². The van der Waals surface area contributed by atoms with E-state index in [2.05, 4.69) is 0 Å². The Morgan fingerprint density at radius 1 is 0.930 bits per heavy atom. The summed E-state index contributed by atoms with van der Waals surface area (Å²) >= 11 is 0. The molecule has 1 unspecified atom stereocenters. The summed E-state index contributed by atoms with van der Waals surface area (Å²) in [5, 5.41) is 0. The minimum absolute atomic E-state index is 0.0826. The molecule has 0 radical (unpaired) electrons. The van der Waals surface area contributed by atoms with Crippen LogP contribution >= 0.6 is 0 Å². The van der Waals surface area contributed by atoms with Crippen molar-refractivity contribution in [3.8, 4) is 11.5 Å². The Hall–Kier alpha value is -4.59. The number of esters is 1. The van der Waals surface area contributed by atoms with E-state index >= 15 is 0 Å². The number of hydrogen-bond acceptors (Lipinski definition) is 6. The summed E-state index contributed by atoms with van der Waals surface area (Å²) in [6.07, 6.45) is 0.805. The van der Waals surface area contributed by atoms with Crippen molar-refractivity contribution in [2.24, 2.45) is 0 Å². The zero-order valence-corrected chi connectivity index (χ0v) is 25.8. The van der Waals surface area contributed by atoms with Gasteiger partial charge in [-0.3, -0.25) is 9.59 Å². The first-order valence-electron chi connectivity index (χ1n) is 14.5. The van der Waals surface area contributed by atoms with Crippen molar-refractivity contribution in [2.45, 2.75) is 46.1 Å². The molecule has 3 aromatic carbocycles. The molecule has 0 bridgehead atoms. The van der Waals surface area contributed by atoms with Crippen molar-refractivity contribution >= 4 is 17.8 Å². The summed E-state index contributed by atoms with van der Waals surface area (Å²) in [5.74, 6) is 0.311. The third-order valence-corrected chi connectivity index (χ3v) is 7.81. The maximum Gasteiger partial charge on any atom is 0.336 e. The summed E-state index contributed by atoms with van der Waals surface area (Å²) in [5.41, 5.74) is 5.39. The van der Waals surface area contributed by atoms with E-state index in [1.54, 1.807) is 51.0 Å². The van der Waals surface area contributed by atoms with E-state index in [9.17, 15) is 14.4 Å². The number of rotatable bonds is 11. The minimum Gasteiger partial charge on any atom is -0.493 e. The first-order valence-corrected chi connectivity index (χ1v) is 14.5. The number of hydrogen-bond donors (Lipinski definition) is 0. The zero-order chi connectivity index (χ0) is 31.1. The SMILES string of the molecule is CCOC(=O)C1=C(C)N(Cc2cccc(C(=O)N(C)CCc3ccc(OC)c(OC)c3)c2)C(=O)CC1c1cccc(C)c1. The topological polar surface area (TPSA) is 85.4 Å². The molecule has 0 spiro atoms. The zero-order valence-electron chi connectivity index (χ0n) is 25.8. The Kier molecular flexibility index (Phi) is 10.2. The third-order valence-electron chi connectivity index (χ3n) is 7.81. The van der Waals surface area contributed by atoms with Crippen molar-refractivity contribution in [1.29, 1.82) is 0 Å². The number of allylic oxidation sites excluding steroid dienone is 1. The van der Waals surface area contributed by atoms with Gasteiger partial charge in [0, 0.05) is 37.2 Å². The van der Waals surface area contributed by atoms with Gasteiger partial charge >= 0.3 is 5.97 Å². The lowest BCUT2D eigenvalue weighted by Gasteiger charge is -2.34. The molecule has 0 aromatic heterocycles. The second-order valence-electron chi connectivity index (χ2n) is 10.7. The first-order chi connectivity index (χ1) is 20.7. The van der Waals surface area contributed by atoms with Gasteiger partial charge in [-0.25, -0.2) is 4.79 Å². The molecule has 0 saturated heterocycles. The molecule has 43 heavy (non-hydrogen) atoms. The van der Waals surface area contributed by atoms with Gasteiger partial charge in [0.25, 0.3) is 5.91 Å². The van der Waals surface area contributed by atoms with Crippen molar-refractivity contribution in [2.75, 3.05) is 34.4 Å². The molecule has 8 nitrogen and oxygen atoms in total. The van der Waals surface area contributed by atoms with Crippen LogP contribution in [-0.4, -0.2) is 62.0 Å². The van der Waals surface area contributed by atoms with Crippen molar-refractivity contribution in [1.82, 2.24) is 9.80 Å². The highest BCUT2D eigenvalue weighted by atomic mass is 16.5. The average Bonchev–Trinajstić information content (AvgIpc) is 3.01. The monoisotopic (exact) mass is 584 g/mol. The van der Waals surface area contributed by atoms with E-state index in [0.717, 1.165) is 22.3 Å². The summed E-state index contributed by atoms with van der Waals surface area (Å²) in [6.45, 7) is 6.55. The van der Waals surface area contributed by atoms with Gasteiger partial charge in [0.2, 0.25) is 5.91 Å². The molecule has 0 saturated carbocycles. The Morgan fingerprint density at radius 2 is 1.67 bits per heavy atom. The number of likely N-dealkylation sites (N-methyl/N-ethyl adjacent to an activating group) is 1. The number of ether oxygens (including phenoxy) is 3. The molecule has 3 aromatic rings. The van der Waals surface area contributed by atoms with Crippen LogP contribution in [0.15, 0.2) is 78.0 Å². The van der Waals surface area contributed by atoms with E-state index in [1.165, 1.54) is 0 Å². The number of methoxy groups -OCH3 is 2. The Labute approximate surface area is 253 Å². The van der Waals surface area contributed by atoms with E-state index in [1.807, 2.05) is 67.6 Å². The molecule has 4 rings (SSSR count). The summed E-state index contributed by atoms with van der Waals surface area (Å²) < 4.78 is 16.1. The number of carbonyl (C=O) groups excluding carboxylic acids is 3. The molecule has 1 aliphatic heterocycles. The Morgan fingerprint density at radius 3 is 2.37 bits per heavy atom. The second kappa shape index (κ2) is 14.1. The number of nitrogens with zero attached hydrogens (tertiary/aromatic N) is 2. The average molecular weight is 585 g/mol. The normalized spacial score (nSPS) is 14.9. The molecular weight excluding hydrogens is 544 g/mol. The second-order valence-corrected chi connectivity index (χ2v) is 10.7. The van der Waals surface area contributed by atoms with E-state index in [-0.39, 0.29) is 37.3 Å². The van der Waals surface area contributed by atoms with Gasteiger partial charge in [-0.15, -0.1) is 0 Å². The van der Waals surface area contributed by atoms with E-state index < -0.39 is 5.97 Å². The fourth-order valence-corrected chi connectivity index (χ4v) is 5.49. The van der Waals surface area contributed by atoms with E-state index in [0.29, 0.717) is 41.3 Å². The number of benzene rings is 3. The number of carbonyl (C=O) groups is 3. The fraction of sp³-hybridized carbons (Fsp3) is 0.343. The van der Waals surface area contributed by atoms with Crippen molar-refractivity contribution in [3.63, 3.8) is 0 Å². The predicted molar refractivity (Wildman–Crippen MR) is 165 cm³/mol. The van der Waals surface area contributed by atoms with Crippen LogP contribution in [-0.2, 0) is 27.3 Å². The summed E-state index contributed by atoms with van der Waals surface area (Å²) in [7, 11) is 4.96. The highest BCUT2D eigenvalue weighted by Crippen LogP contribution is 2.38. The molecule has 0 N–H and O–H groups in total. The lowest BCUT2D eigenvalue weighted by atomic mass is 9.83. The van der Waals surface area contributed by atoms with Gasteiger partial charge in [-0.05, 0) is 68.1 Å². The smallest absolute Gasteiger partial charge is 0.336 e. The van der Waals surface area contributed by atoms with Crippen LogP contribution in [0, 0.1) is 6.92 Å². The third kappa shape index (κ3) is 7.25. The van der Waals surface area contributed by atoms with Gasteiger partial charge in [-0.1, -0.05) is 48.0 Å². The molecular formula is C35H40N2O6. The number of amides is 2. The van der Waals surface area contributed by atoms with Gasteiger partial charge in [0.15, 0.2) is 11.5 Å². The van der Waals surface area contributed by atoms with E-state index in [4.69, 9.17) is 14.2 Å². The molecule has 2 amide bonds. The minimum atomic E-state index is -0.413. The molecule has 8 heteroatoms. The predicted octanol–water partition coefficient (Wildman–Crippen LogP) is 5.68. The highest BCUT2D eigenvalue weighted by molar-refractivity contribution is 5.96. The van der Waals surface area contributed by atoms with Crippen LogP contribution in [0.3, 0.4) is 0 Å². The highest BCUT2D eigenvalue weighted by Gasteiger charge is 2.37. The lowest BCUT2D eigenvalue weighted by molar-refractivity contribution is -0.140. The quantitative estimate of drug-likeness (QED) is 0.270. The maximum absolute atomic E-state index is 13.5. The maximum atomic E-state index is 13.5. The van der Waals surface area contributed by atoms with Crippen LogP contribution in [0.2, 0.25) is 0 Å². The van der Waals surface area contributed by atoms with Crippen LogP contribution in [0.5, 0.6) is 11.5 Å². The van der Waals surface area contributed by atoms with Gasteiger partial charge < -0.3 is 24.0 Å². The van der Waals surface area contributed by atoms with Crippen LogP contribution in [0.4, 0.5) is 0 Å². The summed E-state index contributed by atoms with van der Waals surface area (Å²) in [4.78, 5) is 43.3. The molecule has 226 valence electrons. The Balaban J connectivity index is 1.52.